The van der Waals surface area contributed by atoms with Crippen molar-refractivity contribution in [3.63, 3.8) is 0 Å². The normalized spacial score (nSPS) is 15.0. The molecule has 4 unspecified atom stereocenters. The predicted molar refractivity (Wildman–Crippen MR) is 94.9 cm³/mol. The molecule has 0 bridgehead atoms. The minimum atomic E-state index is -1.47. The first-order chi connectivity index (χ1) is 12.5. The van der Waals surface area contributed by atoms with Crippen LogP contribution in [0.4, 0.5) is 0 Å². The highest BCUT2D eigenvalue weighted by Crippen LogP contribution is 2.00. The number of aliphatic hydroxyl groups excluding tert-OH is 1. The first-order valence-corrected chi connectivity index (χ1v) is 8.49. The van der Waals surface area contributed by atoms with Crippen molar-refractivity contribution in [2.24, 2.45) is 5.73 Å². The molecule has 0 rings (SSSR count). The lowest BCUT2D eigenvalue weighted by Gasteiger charge is -2.25. The average Bonchev–Trinajstić information content (AvgIpc) is 2.58. The van der Waals surface area contributed by atoms with Gasteiger partial charge >= 0.3 is 11.9 Å². The summed E-state index contributed by atoms with van der Waals surface area (Å²) >= 11 is 3.90. The average molecular weight is 408 g/mol. The zero-order chi connectivity index (χ0) is 21.1. The summed E-state index contributed by atoms with van der Waals surface area (Å²) in [4.78, 5) is 57.0. The molecule has 154 valence electrons. The number of hydrogen-bond donors (Lipinski definition) is 8. The molecule has 0 aliphatic rings. The lowest BCUT2D eigenvalue weighted by Crippen LogP contribution is -2.59. The van der Waals surface area contributed by atoms with Crippen LogP contribution in [-0.4, -0.2) is 81.5 Å². The highest BCUT2D eigenvalue weighted by molar-refractivity contribution is 7.80. The Kier molecular flexibility index (Phi) is 11.0. The van der Waals surface area contributed by atoms with Gasteiger partial charge in [-0.05, 0) is 13.3 Å². The highest BCUT2D eigenvalue weighted by atomic mass is 32.1. The topological polar surface area (TPSA) is 208 Å². The molecule has 8 N–H and O–H groups in total. The molecule has 13 heteroatoms. The van der Waals surface area contributed by atoms with E-state index in [1.165, 1.54) is 6.92 Å². The molecule has 3 amide bonds. The minimum absolute atomic E-state index is 0.171. The third kappa shape index (κ3) is 9.77. The number of amides is 3. The molecular formula is C14H24N4O8S. The van der Waals surface area contributed by atoms with Crippen LogP contribution in [0.3, 0.4) is 0 Å². The Morgan fingerprint density at radius 3 is 2.04 bits per heavy atom. The predicted octanol–water partition coefficient (Wildman–Crippen LogP) is -3.34. The number of nitrogens with two attached hydrogens (primary N) is 1. The summed E-state index contributed by atoms with van der Waals surface area (Å²) in [6, 6.07) is -3.89. The molecule has 12 nitrogen and oxygen atoms in total. The number of hydrogen-bond acceptors (Lipinski definition) is 8. The van der Waals surface area contributed by atoms with Crippen molar-refractivity contribution in [1.29, 1.82) is 0 Å². The number of carboxylic acid groups (broad SMARTS) is 2. The number of aliphatic carboxylic acids is 2. The minimum Gasteiger partial charge on any atom is -0.481 e. The van der Waals surface area contributed by atoms with Gasteiger partial charge in [0, 0.05) is 12.2 Å². The second kappa shape index (κ2) is 12.1. The highest BCUT2D eigenvalue weighted by Gasteiger charge is 2.30. The number of rotatable bonds is 12. The van der Waals surface area contributed by atoms with Gasteiger partial charge in [-0.3, -0.25) is 24.0 Å². The van der Waals surface area contributed by atoms with E-state index >= 15 is 0 Å². The lowest BCUT2D eigenvalue weighted by molar-refractivity contribution is -0.139. The largest absolute Gasteiger partial charge is 0.481 e. The van der Waals surface area contributed by atoms with Gasteiger partial charge in [0.15, 0.2) is 0 Å². The van der Waals surface area contributed by atoms with Crippen molar-refractivity contribution in [2.75, 3.05) is 12.3 Å². The van der Waals surface area contributed by atoms with Crippen molar-refractivity contribution in [3.8, 4) is 0 Å². The second-order valence-corrected chi connectivity index (χ2v) is 5.99. The molecule has 0 aliphatic heterocycles. The van der Waals surface area contributed by atoms with Gasteiger partial charge in [0.2, 0.25) is 17.7 Å². The summed E-state index contributed by atoms with van der Waals surface area (Å²) in [5.74, 6) is -5.18. The Balaban J connectivity index is 4.90. The Labute approximate surface area is 160 Å². The molecule has 0 saturated heterocycles. The number of aliphatic hydroxyl groups is 1. The molecule has 27 heavy (non-hydrogen) atoms. The van der Waals surface area contributed by atoms with Crippen LogP contribution in [0.1, 0.15) is 19.8 Å². The van der Waals surface area contributed by atoms with E-state index in [4.69, 9.17) is 15.9 Å². The molecule has 4 atom stereocenters. The maximum absolute atomic E-state index is 12.3. The van der Waals surface area contributed by atoms with Crippen LogP contribution in [0.2, 0.25) is 0 Å². The molecule has 0 heterocycles. The van der Waals surface area contributed by atoms with Crippen molar-refractivity contribution < 1.29 is 39.3 Å². The van der Waals surface area contributed by atoms with Gasteiger partial charge in [0.1, 0.15) is 18.6 Å². The van der Waals surface area contributed by atoms with Crippen LogP contribution in [0.15, 0.2) is 0 Å². The van der Waals surface area contributed by atoms with E-state index in [9.17, 15) is 29.1 Å². The van der Waals surface area contributed by atoms with Gasteiger partial charge in [-0.1, -0.05) is 0 Å². The Morgan fingerprint density at radius 1 is 1.00 bits per heavy atom. The molecule has 0 fully saturated rings. The summed E-state index contributed by atoms with van der Waals surface area (Å²) in [6.45, 7) is 0.557. The molecule has 0 saturated carbocycles. The second-order valence-electron chi connectivity index (χ2n) is 5.62. The number of nitrogens with one attached hydrogen (secondary N) is 3. The number of carbonyl (C=O) groups is 5. The fourth-order valence-corrected chi connectivity index (χ4v) is 2.07. The van der Waals surface area contributed by atoms with Crippen molar-refractivity contribution in [1.82, 2.24) is 16.0 Å². The van der Waals surface area contributed by atoms with Crippen molar-refractivity contribution in [3.05, 3.63) is 0 Å². The molecule has 0 aromatic heterocycles. The molecule has 0 aromatic rings. The summed E-state index contributed by atoms with van der Waals surface area (Å²) in [7, 11) is 0. The van der Waals surface area contributed by atoms with E-state index in [0.717, 1.165) is 0 Å². The third-order valence-corrected chi connectivity index (χ3v) is 3.66. The van der Waals surface area contributed by atoms with Crippen LogP contribution in [-0.2, 0) is 24.0 Å². The van der Waals surface area contributed by atoms with Gasteiger partial charge in [0.05, 0.1) is 12.1 Å². The maximum atomic E-state index is 12.3. The first-order valence-electron chi connectivity index (χ1n) is 7.86. The first kappa shape index (κ1) is 24.6. The van der Waals surface area contributed by atoms with E-state index in [2.05, 4.69) is 28.6 Å². The molecule has 0 spiro atoms. The standard InChI is InChI=1S/C14H24N4O8S/c1-6(19)11(18-12(24)7(15)2-3-9(20)21)14(26)17-8(5-27)13(25)16-4-10(22)23/h6-8,11,19,27H,2-5,15H2,1H3,(H,16,25)(H,17,26)(H,18,24)(H,20,21)(H,22,23). The molecule has 0 aromatic carbocycles. The summed E-state index contributed by atoms with van der Waals surface area (Å²) in [5.41, 5.74) is 5.54. The van der Waals surface area contributed by atoms with Crippen LogP contribution < -0.4 is 21.7 Å². The SMILES string of the molecule is CC(O)C(NC(=O)C(N)CCC(=O)O)C(=O)NC(CS)C(=O)NCC(=O)O. The van der Waals surface area contributed by atoms with Crippen LogP contribution in [0, 0.1) is 0 Å². The fraction of sp³-hybridized carbons (Fsp3) is 0.643. The Hall–Kier alpha value is -2.38. The summed E-state index contributed by atoms with van der Waals surface area (Å²) < 4.78 is 0. The molecule has 0 aliphatic carbocycles. The zero-order valence-electron chi connectivity index (χ0n) is 14.5. The van der Waals surface area contributed by atoms with E-state index in [1.54, 1.807) is 0 Å². The maximum Gasteiger partial charge on any atom is 0.322 e. The summed E-state index contributed by atoms with van der Waals surface area (Å²) in [6.07, 6.45) is -1.89. The number of carbonyl (C=O) groups excluding carboxylic acids is 3. The quantitative estimate of drug-likeness (QED) is 0.152. The molecular weight excluding hydrogens is 384 g/mol. The van der Waals surface area contributed by atoms with Gasteiger partial charge in [0.25, 0.3) is 0 Å². The molecule has 0 radical (unpaired) electrons. The summed E-state index contributed by atoms with van der Waals surface area (Å²) in [5, 5.41) is 33.3. The Morgan fingerprint density at radius 2 is 1.59 bits per heavy atom. The van der Waals surface area contributed by atoms with Crippen molar-refractivity contribution in [2.45, 2.75) is 44.0 Å². The van der Waals surface area contributed by atoms with E-state index < -0.39 is 60.4 Å². The van der Waals surface area contributed by atoms with E-state index in [1.807, 2.05) is 0 Å². The number of carboxylic acids is 2. The van der Waals surface area contributed by atoms with Gasteiger partial charge in [-0.15, -0.1) is 0 Å². The monoisotopic (exact) mass is 408 g/mol. The zero-order valence-corrected chi connectivity index (χ0v) is 15.4. The lowest BCUT2D eigenvalue weighted by atomic mass is 10.1. The van der Waals surface area contributed by atoms with Crippen LogP contribution in [0.25, 0.3) is 0 Å². The van der Waals surface area contributed by atoms with Crippen molar-refractivity contribution >= 4 is 42.3 Å². The van der Waals surface area contributed by atoms with Crippen LogP contribution >= 0.6 is 12.6 Å². The van der Waals surface area contributed by atoms with Gasteiger partial charge < -0.3 is 37.0 Å². The van der Waals surface area contributed by atoms with Gasteiger partial charge in [-0.2, -0.15) is 12.6 Å². The number of thiol groups is 1. The van der Waals surface area contributed by atoms with E-state index in [0.29, 0.717) is 0 Å². The third-order valence-electron chi connectivity index (χ3n) is 3.30. The Bertz CT molecular complexity index is 571. The van der Waals surface area contributed by atoms with Gasteiger partial charge in [-0.25, -0.2) is 0 Å². The fourth-order valence-electron chi connectivity index (χ4n) is 1.82. The van der Waals surface area contributed by atoms with Crippen LogP contribution in [0.5, 0.6) is 0 Å². The smallest absolute Gasteiger partial charge is 0.322 e. The van der Waals surface area contributed by atoms with E-state index in [-0.39, 0.29) is 18.6 Å².